The van der Waals surface area contributed by atoms with Gasteiger partial charge in [0.1, 0.15) is 0 Å². The first-order valence-corrected chi connectivity index (χ1v) is 7.26. The Hall–Kier alpha value is -0.850. The Morgan fingerprint density at radius 1 is 1.53 bits per heavy atom. The van der Waals surface area contributed by atoms with Gasteiger partial charge in [-0.15, -0.1) is 0 Å². The van der Waals surface area contributed by atoms with Gasteiger partial charge in [-0.2, -0.15) is 0 Å². The largest absolute Gasteiger partial charge is 0.363 e. The number of rotatable bonds is 6. The van der Waals surface area contributed by atoms with Crippen molar-refractivity contribution in [3.05, 3.63) is 18.0 Å². The van der Waals surface area contributed by atoms with Crippen LogP contribution >= 0.6 is 0 Å². The minimum Gasteiger partial charge on any atom is -0.363 e. The van der Waals surface area contributed by atoms with E-state index in [1.165, 1.54) is 4.31 Å². The van der Waals surface area contributed by atoms with Crippen molar-refractivity contribution in [1.29, 1.82) is 0 Å². The lowest BCUT2D eigenvalue weighted by Gasteiger charge is -2.15. The summed E-state index contributed by atoms with van der Waals surface area (Å²) in [7, 11) is 0.162. The number of aromatic amines is 1. The van der Waals surface area contributed by atoms with Gasteiger partial charge in [-0.25, -0.2) is 12.7 Å². The third kappa shape index (κ3) is 2.88. The fourth-order valence-electron chi connectivity index (χ4n) is 1.80. The molecule has 0 aliphatic heterocycles. The standard InChI is InChI=1S/C11H19N3O2S/c1-12-6-10-5-11(7-13-10)17(15,16)14(2)8-9-3-4-9/h5,7,9,12-13H,3-4,6,8H2,1-2H3. The van der Waals surface area contributed by atoms with Crippen LogP contribution < -0.4 is 5.32 Å². The van der Waals surface area contributed by atoms with E-state index in [0.29, 0.717) is 23.9 Å². The minimum absolute atomic E-state index is 0.353. The average molecular weight is 257 g/mol. The van der Waals surface area contributed by atoms with Gasteiger partial charge in [0.2, 0.25) is 10.0 Å². The van der Waals surface area contributed by atoms with E-state index < -0.39 is 10.0 Å². The van der Waals surface area contributed by atoms with Crippen molar-refractivity contribution in [3.8, 4) is 0 Å². The number of nitrogens with zero attached hydrogens (tertiary/aromatic N) is 1. The summed E-state index contributed by atoms with van der Waals surface area (Å²) in [5, 5.41) is 2.98. The summed E-state index contributed by atoms with van der Waals surface area (Å²) < 4.78 is 25.9. The van der Waals surface area contributed by atoms with Crippen molar-refractivity contribution in [2.45, 2.75) is 24.3 Å². The Morgan fingerprint density at radius 3 is 2.82 bits per heavy atom. The molecule has 0 radical (unpaired) electrons. The maximum absolute atomic E-state index is 12.2. The minimum atomic E-state index is -3.32. The molecule has 1 aliphatic carbocycles. The van der Waals surface area contributed by atoms with Crippen LogP contribution in [0.25, 0.3) is 0 Å². The molecule has 1 aromatic rings. The molecule has 2 N–H and O–H groups in total. The summed E-state index contributed by atoms with van der Waals surface area (Å²) >= 11 is 0. The first kappa shape index (κ1) is 12.6. The molecule has 0 spiro atoms. The fourth-order valence-corrected chi connectivity index (χ4v) is 3.07. The number of aromatic nitrogens is 1. The molecule has 17 heavy (non-hydrogen) atoms. The smallest absolute Gasteiger partial charge is 0.244 e. The summed E-state index contributed by atoms with van der Waals surface area (Å²) in [6.07, 6.45) is 3.86. The lowest BCUT2D eigenvalue weighted by molar-refractivity contribution is 0.453. The molecule has 0 saturated heterocycles. The van der Waals surface area contributed by atoms with Crippen LogP contribution in [-0.4, -0.2) is 38.3 Å². The molecular formula is C11H19N3O2S. The van der Waals surface area contributed by atoms with Crippen molar-refractivity contribution < 1.29 is 8.42 Å². The van der Waals surface area contributed by atoms with Crippen LogP contribution in [0.1, 0.15) is 18.5 Å². The summed E-state index contributed by atoms with van der Waals surface area (Å²) in [6.45, 7) is 1.27. The molecule has 0 amide bonds. The van der Waals surface area contributed by atoms with Gasteiger partial charge in [0.15, 0.2) is 0 Å². The summed E-state index contributed by atoms with van der Waals surface area (Å²) in [5.74, 6) is 0.561. The monoisotopic (exact) mass is 257 g/mol. The molecule has 5 nitrogen and oxygen atoms in total. The second-order valence-electron chi connectivity index (χ2n) is 4.62. The van der Waals surface area contributed by atoms with E-state index in [0.717, 1.165) is 18.5 Å². The first-order chi connectivity index (χ1) is 8.04. The van der Waals surface area contributed by atoms with Gasteiger partial charge in [0.05, 0.1) is 4.90 Å². The summed E-state index contributed by atoms with van der Waals surface area (Å²) in [5.41, 5.74) is 0.880. The predicted octanol–water partition coefficient (Wildman–Crippen LogP) is 0.765. The van der Waals surface area contributed by atoms with E-state index in [4.69, 9.17) is 0 Å². The number of H-pyrrole nitrogens is 1. The predicted molar refractivity (Wildman–Crippen MR) is 66.1 cm³/mol. The number of nitrogens with one attached hydrogen (secondary N) is 2. The molecular weight excluding hydrogens is 238 g/mol. The summed E-state index contributed by atoms with van der Waals surface area (Å²) in [4.78, 5) is 3.32. The van der Waals surface area contributed by atoms with Gasteiger partial charge in [-0.05, 0) is 31.9 Å². The van der Waals surface area contributed by atoms with Crippen LogP contribution in [-0.2, 0) is 16.6 Å². The van der Waals surface area contributed by atoms with Crippen molar-refractivity contribution >= 4 is 10.0 Å². The third-order valence-corrected chi connectivity index (χ3v) is 4.81. The molecule has 1 heterocycles. The second-order valence-corrected chi connectivity index (χ2v) is 6.66. The molecule has 0 aromatic carbocycles. The molecule has 0 atom stereocenters. The van der Waals surface area contributed by atoms with Crippen LogP contribution in [0.5, 0.6) is 0 Å². The van der Waals surface area contributed by atoms with E-state index in [2.05, 4.69) is 10.3 Å². The Kier molecular flexibility index (Phi) is 3.56. The molecule has 1 saturated carbocycles. The maximum atomic E-state index is 12.2. The zero-order chi connectivity index (χ0) is 12.5. The van der Waals surface area contributed by atoms with Crippen LogP contribution in [0, 0.1) is 5.92 Å². The Bertz CT molecular complexity index is 477. The van der Waals surface area contributed by atoms with Crippen LogP contribution in [0.2, 0.25) is 0 Å². The highest BCUT2D eigenvalue weighted by molar-refractivity contribution is 7.89. The van der Waals surface area contributed by atoms with Gasteiger partial charge in [-0.3, -0.25) is 0 Å². The topological polar surface area (TPSA) is 65.2 Å². The molecule has 0 bridgehead atoms. The highest BCUT2D eigenvalue weighted by Gasteiger charge is 2.29. The number of hydrogen-bond donors (Lipinski definition) is 2. The van der Waals surface area contributed by atoms with Gasteiger partial charge in [0, 0.05) is 32.0 Å². The van der Waals surface area contributed by atoms with Crippen molar-refractivity contribution in [3.63, 3.8) is 0 Å². The zero-order valence-corrected chi connectivity index (χ0v) is 11.0. The van der Waals surface area contributed by atoms with Crippen LogP contribution in [0.15, 0.2) is 17.2 Å². The van der Waals surface area contributed by atoms with E-state index >= 15 is 0 Å². The Labute approximate surface area is 102 Å². The van der Waals surface area contributed by atoms with E-state index in [-0.39, 0.29) is 0 Å². The van der Waals surface area contributed by atoms with Crippen LogP contribution in [0.3, 0.4) is 0 Å². The van der Waals surface area contributed by atoms with Gasteiger partial charge >= 0.3 is 0 Å². The molecule has 2 rings (SSSR count). The molecule has 1 fully saturated rings. The molecule has 1 aromatic heterocycles. The van der Waals surface area contributed by atoms with Crippen molar-refractivity contribution in [2.75, 3.05) is 20.6 Å². The normalized spacial score (nSPS) is 16.6. The van der Waals surface area contributed by atoms with Crippen LogP contribution in [0.4, 0.5) is 0 Å². The van der Waals surface area contributed by atoms with E-state index in [1.54, 1.807) is 19.3 Å². The average Bonchev–Trinajstić information content (AvgIpc) is 2.95. The molecule has 6 heteroatoms. The van der Waals surface area contributed by atoms with E-state index in [9.17, 15) is 8.42 Å². The number of sulfonamides is 1. The quantitative estimate of drug-likeness (QED) is 0.791. The van der Waals surface area contributed by atoms with Gasteiger partial charge in [-0.1, -0.05) is 0 Å². The molecule has 0 unspecified atom stereocenters. The number of hydrogen-bond acceptors (Lipinski definition) is 3. The van der Waals surface area contributed by atoms with Crippen molar-refractivity contribution in [2.24, 2.45) is 5.92 Å². The second kappa shape index (κ2) is 4.80. The lowest BCUT2D eigenvalue weighted by atomic mass is 10.4. The highest BCUT2D eigenvalue weighted by atomic mass is 32.2. The fraction of sp³-hybridized carbons (Fsp3) is 0.636. The highest BCUT2D eigenvalue weighted by Crippen LogP contribution is 2.31. The first-order valence-electron chi connectivity index (χ1n) is 5.82. The SMILES string of the molecule is CNCc1cc(S(=O)(=O)N(C)CC2CC2)c[nH]1. The van der Waals surface area contributed by atoms with E-state index in [1.807, 2.05) is 7.05 Å². The van der Waals surface area contributed by atoms with Gasteiger partial charge < -0.3 is 10.3 Å². The van der Waals surface area contributed by atoms with Crippen molar-refractivity contribution in [1.82, 2.24) is 14.6 Å². The zero-order valence-electron chi connectivity index (χ0n) is 10.2. The molecule has 1 aliphatic rings. The van der Waals surface area contributed by atoms with Gasteiger partial charge in [0.25, 0.3) is 0 Å². The third-order valence-electron chi connectivity index (χ3n) is 3.00. The maximum Gasteiger partial charge on any atom is 0.244 e. The molecule has 96 valence electrons. The lowest BCUT2D eigenvalue weighted by Crippen LogP contribution is -2.28. The summed E-state index contributed by atoms with van der Waals surface area (Å²) in [6, 6.07) is 1.69. The Morgan fingerprint density at radius 2 is 2.24 bits per heavy atom. The Balaban J connectivity index is 2.11.